The first-order valence-corrected chi connectivity index (χ1v) is 10.00. The minimum absolute atomic E-state index is 0.00645. The summed E-state index contributed by atoms with van der Waals surface area (Å²) in [6.45, 7) is 1.99. The van der Waals surface area contributed by atoms with Gasteiger partial charge >= 0.3 is 5.97 Å². The van der Waals surface area contributed by atoms with Gasteiger partial charge in [-0.15, -0.1) is 0 Å². The average molecular weight is 371 g/mol. The van der Waals surface area contributed by atoms with Gasteiger partial charge < -0.3 is 14.6 Å². The molecule has 1 aromatic heterocycles. The Morgan fingerprint density at radius 1 is 1.30 bits per heavy atom. The maximum absolute atomic E-state index is 10.8. The predicted molar refractivity (Wildman–Crippen MR) is 105 cm³/mol. The Labute approximate surface area is 161 Å². The summed E-state index contributed by atoms with van der Waals surface area (Å²) >= 11 is 0. The van der Waals surface area contributed by atoms with Gasteiger partial charge in [0.05, 0.1) is 17.9 Å². The topological polar surface area (TPSA) is 68.7 Å². The second-order valence-electron chi connectivity index (χ2n) is 7.38. The fourth-order valence-corrected chi connectivity index (χ4v) is 3.31. The highest BCUT2D eigenvalue weighted by molar-refractivity contribution is 5.72. The van der Waals surface area contributed by atoms with Gasteiger partial charge in [0.25, 0.3) is 0 Å². The molecular weight excluding hydrogens is 342 g/mol. The Hall–Kier alpha value is -2.14. The van der Waals surface area contributed by atoms with Crippen molar-refractivity contribution in [2.45, 2.75) is 76.6 Å². The number of aromatic nitrogens is 1. The van der Waals surface area contributed by atoms with Crippen molar-refractivity contribution in [1.29, 1.82) is 0 Å². The second-order valence-corrected chi connectivity index (χ2v) is 7.38. The lowest BCUT2D eigenvalue weighted by Gasteiger charge is -2.25. The van der Waals surface area contributed by atoms with E-state index in [1.54, 1.807) is 0 Å². The minimum atomic E-state index is -0.767. The van der Waals surface area contributed by atoms with E-state index >= 15 is 0 Å². The number of ether oxygens (including phenoxy) is 2. The zero-order chi connectivity index (χ0) is 19.1. The highest BCUT2D eigenvalue weighted by Crippen LogP contribution is 2.26. The lowest BCUT2D eigenvalue weighted by atomic mass is 9.96. The molecule has 2 heterocycles. The molecule has 27 heavy (non-hydrogen) atoms. The average Bonchev–Trinajstić information content (AvgIpc) is 2.62. The molecule has 1 aromatic rings. The summed E-state index contributed by atoms with van der Waals surface area (Å²) < 4.78 is 12.0. The van der Waals surface area contributed by atoms with Gasteiger partial charge in [-0.05, 0) is 63.5 Å². The normalized spacial score (nSPS) is 27.1. The number of carbonyl (C=O) groups is 1. The molecule has 5 nitrogen and oxygen atoms in total. The molecule has 146 valence electrons. The fourth-order valence-electron chi connectivity index (χ4n) is 3.31. The third-order valence-electron chi connectivity index (χ3n) is 5.09. The van der Waals surface area contributed by atoms with Crippen LogP contribution in [-0.2, 0) is 9.53 Å². The van der Waals surface area contributed by atoms with Gasteiger partial charge in [-0.2, -0.15) is 0 Å². The number of pyridine rings is 1. The number of allylic oxidation sites excluding steroid dienone is 3. The van der Waals surface area contributed by atoms with Crippen LogP contribution >= 0.6 is 0 Å². The summed E-state index contributed by atoms with van der Waals surface area (Å²) in [5.74, 6) is -0.0715. The van der Waals surface area contributed by atoms with Crippen LogP contribution in [0.3, 0.4) is 0 Å². The van der Waals surface area contributed by atoms with Crippen LogP contribution in [0.1, 0.15) is 64.0 Å². The van der Waals surface area contributed by atoms with Crippen LogP contribution in [0.15, 0.2) is 36.4 Å². The van der Waals surface area contributed by atoms with E-state index in [4.69, 9.17) is 14.6 Å². The summed E-state index contributed by atoms with van der Waals surface area (Å²) in [6, 6.07) is 5.92. The summed E-state index contributed by atoms with van der Waals surface area (Å²) in [6.07, 6.45) is 13.5. The van der Waals surface area contributed by atoms with Crippen molar-refractivity contribution in [3.63, 3.8) is 0 Å². The van der Waals surface area contributed by atoms with Gasteiger partial charge in [-0.25, -0.2) is 4.98 Å². The first-order chi connectivity index (χ1) is 13.1. The Morgan fingerprint density at radius 3 is 2.89 bits per heavy atom. The lowest BCUT2D eigenvalue weighted by Crippen LogP contribution is -2.25. The monoisotopic (exact) mass is 371 g/mol. The predicted octanol–water partition coefficient (Wildman–Crippen LogP) is 4.77. The number of rotatable bonds is 6. The second kappa shape index (κ2) is 9.70. The first kappa shape index (κ1) is 19.6. The standard InChI is InChI=1S/C22H29NO4/c1-16-12-13-17(6-2-3-7-19(26-16)14-15-22(24)25)20-10-5-11-21(23-20)27-18-8-4-9-18/h5-6,10-13,16,18-19H,2-4,7-9,14-15H2,1H3,(H,24,25)/b13-12-,17-6+. The highest BCUT2D eigenvalue weighted by Gasteiger charge is 2.20. The SMILES string of the molecule is CC1/C=C\C(c2cccc(OC3CCC3)n2)=C/CCCC(CCC(=O)O)O1. The highest BCUT2D eigenvalue weighted by atomic mass is 16.5. The van der Waals surface area contributed by atoms with Crippen molar-refractivity contribution in [2.24, 2.45) is 0 Å². The number of carboxylic acids is 1. The molecule has 1 aliphatic heterocycles. The van der Waals surface area contributed by atoms with E-state index in [9.17, 15) is 4.79 Å². The maximum Gasteiger partial charge on any atom is 0.303 e. The molecule has 0 radical (unpaired) electrons. The molecule has 1 N–H and O–H groups in total. The van der Waals surface area contributed by atoms with Crippen molar-refractivity contribution in [2.75, 3.05) is 0 Å². The Morgan fingerprint density at radius 2 is 2.15 bits per heavy atom. The van der Waals surface area contributed by atoms with Crippen LogP contribution in [-0.4, -0.2) is 34.4 Å². The van der Waals surface area contributed by atoms with Gasteiger partial charge in [0.1, 0.15) is 6.10 Å². The van der Waals surface area contributed by atoms with Crippen molar-refractivity contribution >= 4 is 11.5 Å². The summed E-state index contributed by atoms with van der Waals surface area (Å²) in [7, 11) is 0. The third kappa shape index (κ3) is 6.21. The molecular formula is C22H29NO4. The summed E-state index contributed by atoms with van der Waals surface area (Å²) in [5.41, 5.74) is 1.99. The molecule has 0 bridgehead atoms. The van der Waals surface area contributed by atoms with E-state index in [0.29, 0.717) is 18.4 Å². The van der Waals surface area contributed by atoms with Gasteiger partial charge in [-0.3, -0.25) is 4.79 Å². The van der Waals surface area contributed by atoms with E-state index in [-0.39, 0.29) is 18.6 Å². The molecule has 0 amide bonds. The van der Waals surface area contributed by atoms with Gasteiger partial charge in [0.15, 0.2) is 0 Å². The van der Waals surface area contributed by atoms with Crippen LogP contribution in [0, 0.1) is 0 Å². The maximum atomic E-state index is 10.8. The number of hydrogen-bond donors (Lipinski definition) is 1. The van der Waals surface area contributed by atoms with Crippen molar-refractivity contribution in [3.05, 3.63) is 42.1 Å². The van der Waals surface area contributed by atoms with Crippen molar-refractivity contribution < 1.29 is 19.4 Å². The molecule has 1 aliphatic carbocycles. The zero-order valence-electron chi connectivity index (χ0n) is 16.0. The van der Waals surface area contributed by atoms with Gasteiger partial charge in [-0.1, -0.05) is 24.3 Å². The molecule has 5 heteroatoms. The minimum Gasteiger partial charge on any atom is -0.481 e. The summed E-state index contributed by atoms with van der Waals surface area (Å²) in [5, 5.41) is 8.90. The third-order valence-corrected chi connectivity index (χ3v) is 5.09. The molecule has 2 aliphatic rings. The zero-order valence-corrected chi connectivity index (χ0v) is 16.0. The molecule has 2 atom stereocenters. The van der Waals surface area contributed by atoms with E-state index in [0.717, 1.165) is 43.4 Å². The van der Waals surface area contributed by atoms with Gasteiger partial charge in [0, 0.05) is 12.5 Å². The van der Waals surface area contributed by atoms with E-state index in [2.05, 4.69) is 17.1 Å². The Kier molecular flexibility index (Phi) is 7.04. The van der Waals surface area contributed by atoms with Crippen molar-refractivity contribution in [1.82, 2.24) is 4.98 Å². The molecule has 1 saturated carbocycles. The molecule has 1 fully saturated rings. The van der Waals surface area contributed by atoms with Crippen LogP contribution in [0.5, 0.6) is 5.88 Å². The number of carboxylic acid groups (broad SMARTS) is 1. The van der Waals surface area contributed by atoms with Gasteiger partial charge in [0.2, 0.25) is 5.88 Å². The molecule has 3 rings (SSSR count). The largest absolute Gasteiger partial charge is 0.481 e. The quantitative estimate of drug-likeness (QED) is 0.780. The Balaban J connectivity index is 1.66. The fraction of sp³-hybridized carbons (Fsp3) is 0.545. The molecule has 0 spiro atoms. The lowest BCUT2D eigenvalue weighted by molar-refractivity contribution is -0.138. The van der Waals surface area contributed by atoms with Crippen LogP contribution in [0.4, 0.5) is 0 Å². The van der Waals surface area contributed by atoms with E-state index in [1.165, 1.54) is 6.42 Å². The summed E-state index contributed by atoms with van der Waals surface area (Å²) in [4.78, 5) is 15.5. The van der Waals surface area contributed by atoms with Crippen LogP contribution < -0.4 is 4.74 Å². The molecule has 0 aromatic carbocycles. The van der Waals surface area contributed by atoms with Crippen LogP contribution in [0.25, 0.3) is 5.57 Å². The van der Waals surface area contributed by atoms with E-state index in [1.807, 2.05) is 31.2 Å². The number of hydrogen-bond acceptors (Lipinski definition) is 4. The van der Waals surface area contributed by atoms with E-state index < -0.39 is 5.97 Å². The number of aliphatic carboxylic acids is 1. The van der Waals surface area contributed by atoms with Crippen LogP contribution in [0.2, 0.25) is 0 Å². The number of nitrogens with zero attached hydrogens (tertiary/aromatic N) is 1. The van der Waals surface area contributed by atoms with Crippen molar-refractivity contribution in [3.8, 4) is 5.88 Å². The molecule has 0 saturated heterocycles. The smallest absolute Gasteiger partial charge is 0.303 e. The Bertz CT molecular complexity index is 693. The first-order valence-electron chi connectivity index (χ1n) is 10.00. The molecule has 2 unspecified atom stereocenters.